The number of hydrogen-bond donors (Lipinski definition) is 3. The SMILES string of the molecule is OC(O)(Nc1ccccc1)c1cccs1. The maximum absolute atomic E-state index is 9.78. The third-order valence-electron chi connectivity index (χ3n) is 1.96. The van der Waals surface area contributed by atoms with Gasteiger partial charge in [0.15, 0.2) is 0 Å². The van der Waals surface area contributed by atoms with Crippen molar-refractivity contribution in [2.75, 3.05) is 5.32 Å². The van der Waals surface area contributed by atoms with Crippen molar-refractivity contribution >= 4 is 17.0 Å². The third kappa shape index (κ3) is 2.36. The van der Waals surface area contributed by atoms with Gasteiger partial charge in [-0.2, -0.15) is 0 Å². The molecule has 0 saturated carbocycles. The van der Waals surface area contributed by atoms with Crippen LogP contribution in [0, 0.1) is 0 Å². The molecule has 0 unspecified atom stereocenters. The molecule has 0 aliphatic rings. The molecule has 3 nitrogen and oxygen atoms in total. The predicted octanol–water partition coefficient (Wildman–Crippen LogP) is 1.96. The highest BCUT2D eigenvalue weighted by Gasteiger charge is 2.26. The minimum atomic E-state index is -2.00. The van der Waals surface area contributed by atoms with E-state index < -0.39 is 5.91 Å². The number of aliphatic hydroxyl groups is 2. The number of benzene rings is 1. The van der Waals surface area contributed by atoms with Gasteiger partial charge in [0.05, 0.1) is 4.88 Å². The molecule has 0 radical (unpaired) electrons. The average Bonchev–Trinajstić information content (AvgIpc) is 2.71. The fourth-order valence-corrected chi connectivity index (χ4v) is 1.94. The first kappa shape index (κ1) is 10.2. The zero-order chi connectivity index (χ0) is 10.7. The number of thiophene rings is 1. The first-order valence-corrected chi connectivity index (χ1v) is 5.38. The Morgan fingerprint density at radius 3 is 2.33 bits per heavy atom. The normalized spacial score (nSPS) is 11.3. The van der Waals surface area contributed by atoms with Crippen LogP contribution in [0.1, 0.15) is 4.88 Å². The Kier molecular flexibility index (Phi) is 2.73. The lowest BCUT2D eigenvalue weighted by Gasteiger charge is -2.22. The van der Waals surface area contributed by atoms with Crippen LogP contribution in [-0.4, -0.2) is 10.2 Å². The minimum absolute atomic E-state index is 0.464. The number of nitrogens with one attached hydrogen (secondary N) is 1. The Hall–Kier alpha value is -1.36. The van der Waals surface area contributed by atoms with Crippen LogP contribution in [0.3, 0.4) is 0 Å². The summed E-state index contributed by atoms with van der Waals surface area (Å²) in [5.74, 6) is -2.00. The molecule has 4 heteroatoms. The van der Waals surface area contributed by atoms with Crippen molar-refractivity contribution in [3.8, 4) is 0 Å². The van der Waals surface area contributed by atoms with Crippen molar-refractivity contribution in [2.24, 2.45) is 0 Å². The minimum Gasteiger partial charge on any atom is -0.344 e. The van der Waals surface area contributed by atoms with Crippen molar-refractivity contribution in [1.82, 2.24) is 0 Å². The summed E-state index contributed by atoms with van der Waals surface area (Å²) in [6, 6.07) is 12.5. The molecule has 2 aromatic rings. The van der Waals surface area contributed by atoms with Gasteiger partial charge in [0.1, 0.15) is 0 Å². The highest BCUT2D eigenvalue weighted by atomic mass is 32.1. The summed E-state index contributed by atoms with van der Waals surface area (Å²) in [5, 5.41) is 24.0. The average molecular weight is 221 g/mol. The second-order valence-corrected chi connectivity index (χ2v) is 4.09. The lowest BCUT2D eigenvalue weighted by molar-refractivity contribution is -0.140. The predicted molar refractivity (Wildman–Crippen MR) is 60.5 cm³/mol. The second kappa shape index (κ2) is 4.02. The van der Waals surface area contributed by atoms with E-state index in [9.17, 15) is 10.2 Å². The molecule has 0 spiro atoms. The molecule has 15 heavy (non-hydrogen) atoms. The fraction of sp³-hybridized carbons (Fsp3) is 0.0909. The van der Waals surface area contributed by atoms with Gasteiger partial charge in [-0.25, -0.2) is 0 Å². The van der Waals surface area contributed by atoms with E-state index in [1.165, 1.54) is 11.3 Å². The lowest BCUT2D eigenvalue weighted by Crippen LogP contribution is -2.33. The van der Waals surface area contributed by atoms with Gasteiger partial charge in [-0.05, 0) is 23.6 Å². The Balaban J connectivity index is 2.18. The molecule has 1 heterocycles. The van der Waals surface area contributed by atoms with Crippen LogP contribution < -0.4 is 5.32 Å². The summed E-state index contributed by atoms with van der Waals surface area (Å²) >= 11 is 1.29. The van der Waals surface area contributed by atoms with Crippen molar-refractivity contribution in [1.29, 1.82) is 0 Å². The molecule has 0 fully saturated rings. The second-order valence-electron chi connectivity index (χ2n) is 3.14. The Labute approximate surface area is 91.6 Å². The number of para-hydroxylation sites is 1. The van der Waals surface area contributed by atoms with Crippen molar-refractivity contribution in [2.45, 2.75) is 5.91 Å². The van der Waals surface area contributed by atoms with Gasteiger partial charge < -0.3 is 15.5 Å². The molecule has 3 N–H and O–H groups in total. The maximum atomic E-state index is 9.78. The summed E-state index contributed by atoms with van der Waals surface area (Å²) in [5.41, 5.74) is 0.663. The van der Waals surface area contributed by atoms with Gasteiger partial charge in [-0.1, -0.05) is 24.3 Å². The summed E-state index contributed by atoms with van der Waals surface area (Å²) in [6.07, 6.45) is 0. The maximum Gasteiger partial charge on any atom is 0.282 e. The summed E-state index contributed by atoms with van der Waals surface area (Å²) in [7, 11) is 0. The van der Waals surface area contributed by atoms with Crippen LogP contribution in [0.4, 0.5) is 5.69 Å². The van der Waals surface area contributed by atoms with E-state index in [1.807, 2.05) is 18.2 Å². The molecular weight excluding hydrogens is 210 g/mol. The molecule has 0 aliphatic heterocycles. The van der Waals surface area contributed by atoms with Crippen molar-refractivity contribution in [3.63, 3.8) is 0 Å². The topological polar surface area (TPSA) is 52.5 Å². The van der Waals surface area contributed by atoms with Gasteiger partial charge in [0.2, 0.25) is 0 Å². The third-order valence-corrected chi connectivity index (χ3v) is 2.93. The van der Waals surface area contributed by atoms with Gasteiger partial charge in [-0.15, -0.1) is 11.3 Å². The van der Waals surface area contributed by atoms with Crippen LogP contribution in [0.15, 0.2) is 47.8 Å². The first-order chi connectivity index (χ1) is 7.18. The van der Waals surface area contributed by atoms with Crippen LogP contribution in [0.2, 0.25) is 0 Å². The Morgan fingerprint density at radius 1 is 1.00 bits per heavy atom. The quantitative estimate of drug-likeness (QED) is 0.694. The van der Waals surface area contributed by atoms with E-state index in [4.69, 9.17) is 0 Å². The van der Waals surface area contributed by atoms with E-state index in [0.29, 0.717) is 10.6 Å². The van der Waals surface area contributed by atoms with Crippen molar-refractivity contribution < 1.29 is 10.2 Å². The largest absolute Gasteiger partial charge is 0.344 e. The molecule has 0 saturated heterocycles. The van der Waals surface area contributed by atoms with E-state index in [-0.39, 0.29) is 0 Å². The van der Waals surface area contributed by atoms with Crippen LogP contribution in [0.25, 0.3) is 0 Å². The molecule has 1 aromatic carbocycles. The molecule has 78 valence electrons. The van der Waals surface area contributed by atoms with E-state index in [2.05, 4.69) is 5.32 Å². The summed E-state index contributed by atoms with van der Waals surface area (Å²) in [4.78, 5) is 0.464. The molecule has 1 aromatic heterocycles. The summed E-state index contributed by atoms with van der Waals surface area (Å²) < 4.78 is 0. The fourth-order valence-electron chi connectivity index (χ4n) is 1.26. The monoisotopic (exact) mass is 221 g/mol. The van der Waals surface area contributed by atoms with Gasteiger partial charge in [-0.3, -0.25) is 0 Å². The van der Waals surface area contributed by atoms with Crippen LogP contribution in [0.5, 0.6) is 0 Å². The van der Waals surface area contributed by atoms with Crippen molar-refractivity contribution in [3.05, 3.63) is 52.7 Å². The number of anilines is 1. The highest BCUT2D eigenvalue weighted by molar-refractivity contribution is 7.10. The number of rotatable bonds is 3. The summed E-state index contributed by atoms with van der Waals surface area (Å²) in [6.45, 7) is 0. The standard InChI is InChI=1S/C11H11NO2S/c13-11(14,10-7-4-8-15-10)12-9-5-2-1-3-6-9/h1-8,12-14H. The molecule has 0 bridgehead atoms. The first-order valence-electron chi connectivity index (χ1n) is 4.50. The Bertz CT molecular complexity index is 411. The molecular formula is C11H11NO2S. The molecule has 2 rings (SSSR count). The zero-order valence-electron chi connectivity index (χ0n) is 7.92. The van der Waals surface area contributed by atoms with Crippen LogP contribution in [-0.2, 0) is 5.91 Å². The van der Waals surface area contributed by atoms with Gasteiger partial charge in [0, 0.05) is 5.69 Å². The van der Waals surface area contributed by atoms with E-state index in [1.54, 1.807) is 29.6 Å². The smallest absolute Gasteiger partial charge is 0.282 e. The lowest BCUT2D eigenvalue weighted by atomic mass is 10.3. The molecule has 0 aliphatic carbocycles. The molecule has 0 atom stereocenters. The molecule has 0 amide bonds. The van der Waals surface area contributed by atoms with Crippen LogP contribution >= 0.6 is 11.3 Å². The van der Waals surface area contributed by atoms with Gasteiger partial charge in [0.25, 0.3) is 5.91 Å². The Morgan fingerprint density at radius 2 is 1.73 bits per heavy atom. The zero-order valence-corrected chi connectivity index (χ0v) is 8.74. The highest BCUT2D eigenvalue weighted by Crippen LogP contribution is 2.24. The van der Waals surface area contributed by atoms with Gasteiger partial charge >= 0.3 is 0 Å². The number of hydrogen-bond acceptors (Lipinski definition) is 4. The van der Waals surface area contributed by atoms with E-state index >= 15 is 0 Å². The van der Waals surface area contributed by atoms with E-state index in [0.717, 1.165) is 0 Å².